The van der Waals surface area contributed by atoms with Gasteiger partial charge in [-0.25, -0.2) is 4.98 Å². The molecule has 3 aliphatic rings. The molecule has 0 amide bonds. The molecule has 302 valence electrons. The Bertz CT molecular complexity index is 4040. The molecule has 1 nitrogen and oxygen atoms in total. The van der Waals surface area contributed by atoms with Gasteiger partial charge in [-0.2, -0.15) is 0 Å². The van der Waals surface area contributed by atoms with Gasteiger partial charge in [0.1, 0.15) is 0 Å². The summed E-state index contributed by atoms with van der Waals surface area (Å²) in [5.74, 6) is 0. The second-order valence-electron chi connectivity index (χ2n) is 17.9. The first kappa shape index (κ1) is 36.0. The van der Waals surface area contributed by atoms with E-state index in [1.54, 1.807) is 0 Å². The van der Waals surface area contributed by atoms with Crippen LogP contribution in [0.15, 0.2) is 200 Å². The first-order valence-corrected chi connectivity index (χ1v) is 24.3. The fraction of sp³-hybridized carbons (Fsp3) is 0.0484. The van der Waals surface area contributed by atoms with Gasteiger partial charge in [-0.3, -0.25) is 0 Å². The summed E-state index contributed by atoms with van der Waals surface area (Å²) in [5.41, 5.74) is 20.0. The number of rotatable bonds is 3. The van der Waals surface area contributed by atoms with Crippen molar-refractivity contribution < 1.29 is 0 Å². The number of fused-ring (bicyclic) bond motifs is 20. The highest BCUT2D eigenvalue weighted by Crippen LogP contribution is 2.64. The maximum atomic E-state index is 5.70. The molecule has 0 fully saturated rings. The second kappa shape index (κ2) is 13.3. The first-order valence-electron chi connectivity index (χ1n) is 22.7. The molecule has 0 saturated carbocycles. The summed E-state index contributed by atoms with van der Waals surface area (Å²) < 4.78 is 4.00. The van der Waals surface area contributed by atoms with E-state index >= 15 is 0 Å². The van der Waals surface area contributed by atoms with Gasteiger partial charge in [-0.05, 0) is 127 Å². The van der Waals surface area contributed by atoms with Crippen molar-refractivity contribution in [2.45, 2.75) is 18.3 Å². The molecule has 3 heterocycles. The van der Waals surface area contributed by atoms with Crippen molar-refractivity contribution >= 4 is 80.2 Å². The molecule has 15 rings (SSSR count). The Labute approximate surface area is 384 Å². The van der Waals surface area contributed by atoms with Crippen molar-refractivity contribution in [3.05, 3.63) is 238 Å². The lowest BCUT2D eigenvalue weighted by molar-refractivity contribution is 0.794. The zero-order valence-corrected chi connectivity index (χ0v) is 36.9. The van der Waals surface area contributed by atoms with Gasteiger partial charge >= 0.3 is 0 Å². The summed E-state index contributed by atoms with van der Waals surface area (Å²) in [6.07, 6.45) is 4.58. The highest BCUT2D eigenvalue weighted by Gasteiger charge is 2.52. The molecule has 3 aromatic heterocycles. The summed E-state index contributed by atoms with van der Waals surface area (Å²) in [6.45, 7) is 0. The molecule has 0 N–H and O–H groups in total. The van der Waals surface area contributed by atoms with Crippen molar-refractivity contribution in [3.8, 4) is 44.6 Å². The van der Waals surface area contributed by atoms with Gasteiger partial charge in [-0.15, -0.1) is 22.7 Å². The van der Waals surface area contributed by atoms with Crippen LogP contribution in [0.4, 0.5) is 0 Å². The molecular weight excluding hydrogens is 823 g/mol. The van der Waals surface area contributed by atoms with E-state index in [2.05, 4.69) is 200 Å². The summed E-state index contributed by atoms with van der Waals surface area (Å²) in [6, 6.07) is 73.1. The third kappa shape index (κ3) is 4.79. The summed E-state index contributed by atoms with van der Waals surface area (Å²) in [7, 11) is 0. The third-order valence-electron chi connectivity index (χ3n) is 14.7. The Morgan fingerprint density at radius 2 is 1.03 bits per heavy atom. The van der Waals surface area contributed by atoms with Crippen molar-refractivity contribution in [3.63, 3.8) is 0 Å². The number of allylic oxidation sites excluding steroid dienone is 1. The number of aryl methyl sites for hydroxylation is 1. The Balaban J connectivity index is 1.04. The number of para-hydroxylation sites is 1. The minimum Gasteiger partial charge on any atom is -0.247 e. The summed E-state index contributed by atoms with van der Waals surface area (Å²) in [5, 5.41) is 7.66. The van der Waals surface area contributed by atoms with E-state index in [-0.39, 0.29) is 0 Å². The van der Waals surface area contributed by atoms with Crippen molar-refractivity contribution in [2.75, 3.05) is 0 Å². The minimum absolute atomic E-state index is 0.427. The number of benzene rings is 9. The number of nitrogens with zero attached hydrogens (tertiary/aromatic N) is 1. The maximum absolute atomic E-state index is 5.70. The average molecular weight is 860 g/mol. The molecule has 0 atom stereocenters. The van der Waals surface area contributed by atoms with Gasteiger partial charge in [0.05, 0.1) is 16.6 Å². The van der Waals surface area contributed by atoms with Crippen molar-refractivity contribution in [2.24, 2.45) is 0 Å². The Morgan fingerprint density at radius 1 is 0.431 bits per heavy atom. The SMILES string of the molecule is C1=C(c2cc(-c3nc4ccccc4c4c5c(ccc34)C3(c4ccccc4-c4ccccc43)c3ccccc3-5)cc(-c3cccc4c3sc3ccccc34)c2)c2sc3ccccc3c2CC1. The largest absolute Gasteiger partial charge is 0.247 e. The molecule has 0 unspecified atom stereocenters. The van der Waals surface area contributed by atoms with Crippen LogP contribution in [0.3, 0.4) is 0 Å². The van der Waals surface area contributed by atoms with Gasteiger partial charge in [0.25, 0.3) is 0 Å². The predicted molar refractivity (Wildman–Crippen MR) is 277 cm³/mol. The van der Waals surface area contributed by atoms with E-state index in [0.29, 0.717) is 0 Å². The van der Waals surface area contributed by atoms with Crippen LogP contribution in [-0.4, -0.2) is 4.98 Å². The van der Waals surface area contributed by atoms with Gasteiger partial charge in [0, 0.05) is 51.5 Å². The van der Waals surface area contributed by atoms with Crippen LogP contribution in [0.25, 0.3) is 102 Å². The molecule has 12 aromatic rings. The Kier molecular flexibility index (Phi) is 7.36. The maximum Gasteiger partial charge on any atom is 0.0788 e. The smallest absolute Gasteiger partial charge is 0.0788 e. The molecule has 0 bridgehead atoms. The molecule has 3 heteroatoms. The van der Waals surface area contributed by atoms with E-state index < -0.39 is 5.41 Å². The lowest BCUT2D eigenvalue weighted by Gasteiger charge is -2.30. The third-order valence-corrected chi connectivity index (χ3v) is 17.2. The van der Waals surface area contributed by atoms with E-state index in [4.69, 9.17) is 4.98 Å². The lowest BCUT2D eigenvalue weighted by Crippen LogP contribution is -2.25. The molecule has 0 radical (unpaired) electrons. The van der Waals surface area contributed by atoms with Gasteiger partial charge in [-0.1, -0.05) is 164 Å². The molecule has 1 spiro atoms. The number of aromatic nitrogens is 1. The monoisotopic (exact) mass is 859 g/mol. The normalized spacial score (nSPS) is 14.2. The molecule has 65 heavy (non-hydrogen) atoms. The van der Waals surface area contributed by atoms with Crippen LogP contribution in [0.2, 0.25) is 0 Å². The molecule has 0 aliphatic heterocycles. The van der Waals surface area contributed by atoms with Gasteiger partial charge in [0.15, 0.2) is 0 Å². The fourth-order valence-corrected chi connectivity index (χ4v) is 14.7. The van der Waals surface area contributed by atoms with Crippen LogP contribution in [-0.2, 0) is 11.8 Å². The molecule has 0 saturated heterocycles. The van der Waals surface area contributed by atoms with E-state index in [9.17, 15) is 0 Å². The van der Waals surface area contributed by atoms with Crippen LogP contribution in [0.1, 0.15) is 44.7 Å². The lowest BCUT2D eigenvalue weighted by atomic mass is 9.70. The van der Waals surface area contributed by atoms with Crippen molar-refractivity contribution in [1.82, 2.24) is 4.98 Å². The predicted octanol–water partition coefficient (Wildman–Crippen LogP) is 17.0. The fourth-order valence-electron chi connectivity index (χ4n) is 12.2. The highest BCUT2D eigenvalue weighted by molar-refractivity contribution is 7.26. The van der Waals surface area contributed by atoms with Crippen LogP contribution < -0.4 is 0 Å². The Morgan fingerprint density at radius 3 is 1.83 bits per heavy atom. The zero-order chi connectivity index (χ0) is 42.4. The summed E-state index contributed by atoms with van der Waals surface area (Å²) in [4.78, 5) is 7.10. The topological polar surface area (TPSA) is 12.9 Å². The molecule has 3 aliphatic carbocycles. The second-order valence-corrected chi connectivity index (χ2v) is 20.0. The van der Waals surface area contributed by atoms with E-state index in [1.165, 1.54) is 124 Å². The first-order chi connectivity index (χ1) is 32.2. The van der Waals surface area contributed by atoms with Crippen LogP contribution in [0, 0.1) is 0 Å². The van der Waals surface area contributed by atoms with Gasteiger partial charge in [0.2, 0.25) is 0 Å². The highest BCUT2D eigenvalue weighted by atomic mass is 32.1. The van der Waals surface area contributed by atoms with Gasteiger partial charge < -0.3 is 0 Å². The minimum atomic E-state index is -0.427. The molecule has 9 aromatic carbocycles. The summed E-state index contributed by atoms with van der Waals surface area (Å²) >= 11 is 3.84. The zero-order valence-electron chi connectivity index (χ0n) is 35.2. The number of hydrogen-bond acceptors (Lipinski definition) is 3. The average Bonchev–Trinajstić information content (AvgIpc) is 4.11. The quantitative estimate of drug-likeness (QED) is 0.161. The standard InChI is InChI=1S/C62H37NS2/c1-7-25-50-41(15-1)42-16-2-8-26-51(42)62(50)52-27-9-3-19-47(52)58-53(62)32-31-49-57(58)48-20-4-10-28-54(48)63-59(49)38-34-36(39-21-13-23-45-43-17-5-11-29-55(43)64-60(39)45)33-37(35-38)40-22-14-24-46-44-18-6-12-30-56(44)65-61(40)46/h1-13,15-23,25-35H,14,24H2. The van der Waals surface area contributed by atoms with Crippen molar-refractivity contribution in [1.29, 1.82) is 0 Å². The molecular formula is C62H37NS2. The number of pyridine rings is 1. The Hall–Kier alpha value is -7.43. The number of hydrogen-bond donors (Lipinski definition) is 0. The van der Waals surface area contributed by atoms with Crippen LogP contribution >= 0.6 is 22.7 Å². The van der Waals surface area contributed by atoms with E-state index in [0.717, 1.165) is 29.6 Å². The van der Waals surface area contributed by atoms with E-state index in [1.807, 2.05) is 22.7 Å². The number of thiophene rings is 2. The van der Waals surface area contributed by atoms with Crippen LogP contribution in [0.5, 0.6) is 0 Å².